The van der Waals surface area contributed by atoms with Gasteiger partial charge in [-0.15, -0.1) is 0 Å². The Hall–Kier alpha value is -0.170. The first-order chi connectivity index (χ1) is 6.32. The van der Waals surface area contributed by atoms with Crippen LogP contribution in [0.5, 0.6) is 0 Å². The third-order valence-electron chi connectivity index (χ3n) is 2.41. The minimum absolute atomic E-state index is 0.0165. The van der Waals surface area contributed by atoms with Crippen molar-refractivity contribution >= 4 is 9.84 Å². The lowest BCUT2D eigenvalue weighted by Gasteiger charge is -2.26. The molecule has 5 nitrogen and oxygen atoms in total. The van der Waals surface area contributed by atoms with Crippen molar-refractivity contribution in [1.29, 1.82) is 0 Å². The molecule has 2 N–H and O–H groups in total. The summed E-state index contributed by atoms with van der Waals surface area (Å²) in [4.78, 5) is 1.69. The summed E-state index contributed by atoms with van der Waals surface area (Å²) in [6.07, 6.45) is -1.35. The van der Waals surface area contributed by atoms with Gasteiger partial charge in [-0.3, -0.25) is 4.90 Å². The minimum Gasteiger partial charge on any atom is -0.392 e. The Labute approximate surface area is 84.3 Å². The van der Waals surface area contributed by atoms with E-state index in [9.17, 15) is 13.5 Å². The minimum atomic E-state index is -3.10. The van der Waals surface area contributed by atoms with E-state index < -0.39 is 22.0 Å². The summed E-state index contributed by atoms with van der Waals surface area (Å²) in [5, 5.41) is 18.6. The molecule has 1 aliphatic rings. The molecule has 0 spiro atoms. The molecule has 1 saturated heterocycles. The number of hydrogen-bond donors (Lipinski definition) is 2. The van der Waals surface area contributed by atoms with Crippen LogP contribution in [-0.2, 0) is 9.84 Å². The van der Waals surface area contributed by atoms with Crippen molar-refractivity contribution in [1.82, 2.24) is 4.90 Å². The van der Waals surface area contributed by atoms with E-state index >= 15 is 0 Å². The fourth-order valence-corrected chi connectivity index (χ4v) is 3.66. The van der Waals surface area contributed by atoms with E-state index in [1.807, 2.05) is 0 Å². The van der Waals surface area contributed by atoms with Crippen molar-refractivity contribution in [2.75, 3.05) is 25.1 Å². The van der Waals surface area contributed by atoms with E-state index in [4.69, 9.17) is 5.11 Å². The smallest absolute Gasteiger partial charge is 0.154 e. The molecule has 6 heteroatoms. The zero-order valence-electron chi connectivity index (χ0n) is 8.42. The first kappa shape index (κ1) is 11.9. The lowest BCUT2D eigenvalue weighted by molar-refractivity contribution is 0.0658. The summed E-state index contributed by atoms with van der Waals surface area (Å²) < 4.78 is 22.4. The summed E-state index contributed by atoms with van der Waals surface area (Å²) in [5.74, 6) is -0.181. The van der Waals surface area contributed by atoms with Gasteiger partial charge in [0.1, 0.15) is 0 Å². The molecule has 84 valence electrons. The number of sulfone groups is 1. The van der Waals surface area contributed by atoms with Crippen LogP contribution in [0.1, 0.15) is 6.92 Å². The lowest BCUT2D eigenvalue weighted by atomic mass is 10.2. The third kappa shape index (κ3) is 2.91. The lowest BCUT2D eigenvalue weighted by Crippen LogP contribution is -2.43. The molecule has 0 bridgehead atoms. The van der Waals surface area contributed by atoms with Crippen LogP contribution >= 0.6 is 0 Å². The van der Waals surface area contributed by atoms with E-state index in [0.29, 0.717) is 6.54 Å². The Balaban J connectivity index is 2.61. The Morgan fingerprint density at radius 3 is 2.43 bits per heavy atom. The van der Waals surface area contributed by atoms with Crippen molar-refractivity contribution < 1.29 is 18.6 Å². The van der Waals surface area contributed by atoms with Crippen LogP contribution < -0.4 is 0 Å². The van der Waals surface area contributed by atoms with Gasteiger partial charge in [0.05, 0.1) is 29.8 Å². The van der Waals surface area contributed by atoms with Crippen LogP contribution in [0, 0.1) is 0 Å². The molecule has 0 aromatic heterocycles. The monoisotopic (exact) mass is 223 g/mol. The molecule has 3 unspecified atom stereocenters. The Morgan fingerprint density at radius 2 is 2.07 bits per heavy atom. The van der Waals surface area contributed by atoms with Gasteiger partial charge in [-0.25, -0.2) is 8.42 Å². The Bertz CT molecular complexity index is 288. The second-order valence-corrected chi connectivity index (χ2v) is 6.15. The molecule has 14 heavy (non-hydrogen) atoms. The molecule has 0 saturated carbocycles. The molecule has 1 rings (SSSR count). The fourth-order valence-electron chi connectivity index (χ4n) is 1.78. The molecule has 1 heterocycles. The molecule has 0 aromatic rings. The third-order valence-corrected chi connectivity index (χ3v) is 4.11. The van der Waals surface area contributed by atoms with Crippen LogP contribution in [0.3, 0.4) is 0 Å². The number of likely N-dealkylation sites (N-methyl/N-ethyl adjacent to an activating group) is 1. The summed E-state index contributed by atoms with van der Waals surface area (Å²) in [7, 11) is -1.39. The highest BCUT2D eigenvalue weighted by molar-refractivity contribution is 7.91. The number of aliphatic hydroxyl groups excluding tert-OH is 2. The van der Waals surface area contributed by atoms with Gasteiger partial charge in [-0.1, -0.05) is 0 Å². The second kappa shape index (κ2) is 4.14. The molecule has 1 fully saturated rings. The molecule has 0 amide bonds. The summed E-state index contributed by atoms with van der Waals surface area (Å²) in [6.45, 7) is 2.00. The first-order valence-electron chi connectivity index (χ1n) is 4.58. The maximum absolute atomic E-state index is 11.2. The van der Waals surface area contributed by atoms with Gasteiger partial charge in [-0.05, 0) is 14.0 Å². The van der Waals surface area contributed by atoms with Gasteiger partial charge < -0.3 is 10.2 Å². The van der Waals surface area contributed by atoms with E-state index in [-0.39, 0.29) is 17.5 Å². The van der Waals surface area contributed by atoms with Gasteiger partial charge in [0.15, 0.2) is 9.84 Å². The second-order valence-electron chi connectivity index (χ2n) is 4.00. The van der Waals surface area contributed by atoms with E-state index in [0.717, 1.165) is 0 Å². The molecule has 0 aliphatic carbocycles. The molecular formula is C8H17NO4S. The fraction of sp³-hybridized carbons (Fsp3) is 1.00. The van der Waals surface area contributed by atoms with Gasteiger partial charge in [0.2, 0.25) is 0 Å². The molecule has 1 aliphatic heterocycles. The van der Waals surface area contributed by atoms with E-state index in [2.05, 4.69) is 0 Å². The van der Waals surface area contributed by atoms with Gasteiger partial charge in [-0.2, -0.15) is 0 Å². The summed E-state index contributed by atoms with van der Waals surface area (Å²) >= 11 is 0. The highest BCUT2D eigenvalue weighted by Crippen LogP contribution is 2.17. The van der Waals surface area contributed by atoms with E-state index in [1.165, 1.54) is 0 Å². The largest absolute Gasteiger partial charge is 0.392 e. The van der Waals surface area contributed by atoms with Crippen LogP contribution in [0.15, 0.2) is 0 Å². The maximum atomic E-state index is 11.2. The zero-order chi connectivity index (χ0) is 10.9. The average Bonchev–Trinajstić information content (AvgIpc) is 2.23. The number of nitrogens with zero attached hydrogens (tertiary/aromatic N) is 1. The predicted molar refractivity (Wildman–Crippen MR) is 52.8 cm³/mol. The zero-order valence-corrected chi connectivity index (χ0v) is 9.24. The number of rotatable bonds is 3. The highest BCUT2D eigenvalue weighted by Gasteiger charge is 2.38. The normalized spacial score (nSPS) is 33.5. The van der Waals surface area contributed by atoms with Gasteiger partial charge in [0, 0.05) is 6.54 Å². The van der Waals surface area contributed by atoms with Gasteiger partial charge >= 0.3 is 0 Å². The predicted octanol–water partition coefficient (Wildman–Crippen LogP) is -1.54. The topological polar surface area (TPSA) is 77.8 Å². The molecule has 3 atom stereocenters. The van der Waals surface area contributed by atoms with Crippen molar-refractivity contribution in [2.45, 2.75) is 25.2 Å². The molecule has 0 aromatic carbocycles. The Morgan fingerprint density at radius 1 is 1.50 bits per heavy atom. The average molecular weight is 223 g/mol. The van der Waals surface area contributed by atoms with Crippen LogP contribution in [0.4, 0.5) is 0 Å². The molecule has 0 radical (unpaired) electrons. The summed E-state index contributed by atoms with van der Waals surface area (Å²) in [6, 6.07) is -0.380. The Kier molecular flexibility index (Phi) is 3.52. The first-order valence-corrected chi connectivity index (χ1v) is 6.41. The van der Waals surface area contributed by atoms with Crippen molar-refractivity contribution in [2.24, 2.45) is 0 Å². The van der Waals surface area contributed by atoms with Crippen LogP contribution in [0.2, 0.25) is 0 Å². The summed E-state index contributed by atoms with van der Waals surface area (Å²) in [5.41, 5.74) is 0. The SMILES string of the molecule is CC(O)CN(C)C1CS(=O)(=O)CC1O. The van der Waals surface area contributed by atoms with Crippen molar-refractivity contribution in [3.63, 3.8) is 0 Å². The quantitative estimate of drug-likeness (QED) is 0.606. The van der Waals surface area contributed by atoms with E-state index in [1.54, 1.807) is 18.9 Å². The maximum Gasteiger partial charge on any atom is 0.154 e. The van der Waals surface area contributed by atoms with Crippen molar-refractivity contribution in [3.05, 3.63) is 0 Å². The highest BCUT2D eigenvalue weighted by atomic mass is 32.2. The molecular weight excluding hydrogens is 206 g/mol. The number of aliphatic hydroxyl groups is 2. The van der Waals surface area contributed by atoms with Gasteiger partial charge in [0.25, 0.3) is 0 Å². The van der Waals surface area contributed by atoms with Crippen LogP contribution in [-0.4, -0.2) is 66.9 Å². The number of hydrogen-bond acceptors (Lipinski definition) is 5. The van der Waals surface area contributed by atoms with Crippen LogP contribution in [0.25, 0.3) is 0 Å². The van der Waals surface area contributed by atoms with Crippen molar-refractivity contribution in [3.8, 4) is 0 Å². The standard InChI is InChI=1S/C8H17NO4S/c1-6(10)3-9(2)7-4-14(12,13)5-8(7)11/h6-8,10-11H,3-5H2,1-2H3.